The van der Waals surface area contributed by atoms with Gasteiger partial charge in [0, 0.05) is 18.0 Å². The zero-order valence-corrected chi connectivity index (χ0v) is 10.9. The van der Waals surface area contributed by atoms with Crippen LogP contribution in [0.25, 0.3) is 0 Å². The fourth-order valence-corrected chi connectivity index (χ4v) is 2.43. The number of nitrogens with zero attached hydrogens (tertiary/aromatic N) is 2. The number of pyridine rings is 1. The smallest absolute Gasteiger partial charge is 0.311 e. The van der Waals surface area contributed by atoms with E-state index in [1.807, 2.05) is 0 Å². The molecule has 0 unspecified atom stereocenters. The number of nitrogens with two attached hydrogens (primary N) is 2. The highest BCUT2D eigenvalue weighted by Gasteiger charge is 2.25. The second kappa shape index (κ2) is 5.72. The van der Waals surface area contributed by atoms with Gasteiger partial charge in [-0.2, -0.15) is 0 Å². The topological polar surface area (TPSA) is 137 Å². The number of hydrogen-bond donors (Lipinski definition) is 3. The summed E-state index contributed by atoms with van der Waals surface area (Å²) in [5, 5.41) is 13.8. The molecule has 1 aliphatic carbocycles. The van der Waals surface area contributed by atoms with Gasteiger partial charge in [0.1, 0.15) is 5.82 Å². The maximum Gasteiger partial charge on any atom is 0.311 e. The van der Waals surface area contributed by atoms with Gasteiger partial charge in [0.25, 0.3) is 0 Å². The summed E-state index contributed by atoms with van der Waals surface area (Å²) in [7, 11) is 0. The molecule has 2 rings (SSSR count). The number of anilines is 2. The van der Waals surface area contributed by atoms with Crippen LogP contribution < -0.4 is 16.8 Å². The molecule has 20 heavy (non-hydrogen) atoms. The van der Waals surface area contributed by atoms with E-state index in [2.05, 4.69) is 10.3 Å². The van der Waals surface area contributed by atoms with Gasteiger partial charge >= 0.3 is 5.69 Å². The number of rotatable bonds is 4. The zero-order chi connectivity index (χ0) is 14.7. The van der Waals surface area contributed by atoms with Crippen LogP contribution in [0.5, 0.6) is 0 Å². The molecule has 1 aromatic heterocycles. The number of amides is 1. The molecule has 0 atom stereocenters. The van der Waals surface area contributed by atoms with E-state index in [-0.39, 0.29) is 29.4 Å². The van der Waals surface area contributed by atoms with Crippen molar-refractivity contribution in [1.82, 2.24) is 4.98 Å². The summed E-state index contributed by atoms with van der Waals surface area (Å²) in [6.45, 7) is 0. The largest absolute Gasteiger partial charge is 0.378 e. The molecule has 0 spiro atoms. The molecule has 8 heteroatoms. The maximum absolute atomic E-state index is 11.1. The first kappa shape index (κ1) is 14.0. The summed E-state index contributed by atoms with van der Waals surface area (Å²) in [5.74, 6) is 0.102. The SMILES string of the molecule is NC(=O)C1CCC(Nc2ccc([N+](=O)[O-])c(N)n2)CC1. The molecule has 5 N–H and O–H groups in total. The Morgan fingerprint density at radius 2 is 2.00 bits per heavy atom. The van der Waals surface area contributed by atoms with Gasteiger partial charge in [0.05, 0.1) is 4.92 Å². The van der Waals surface area contributed by atoms with Gasteiger partial charge in [-0.15, -0.1) is 0 Å². The van der Waals surface area contributed by atoms with Crippen molar-refractivity contribution in [2.24, 2.45) is 11.7 Å². The van der Waals surface area contributed by atoms with E-state index >= 15 is 0 Å². The second-order valence-corrected chi connectivity index (χ2v) is 4.95. The standard InChI is InChI=1S/C12H17N5O3/c13-11-9(17(19)20)5-6-10(16-11)15-8-3-1-7(2-4-8)12(14)18/h5-8H,1-4H2,(H2,14,18)(H3,13,15,16). The van der Waals surface area contributed by atoms with E-state index < -0.39 is 4.92 Å². The molecular formula is C12H17N5O3. The Morgan fingerprint density at radius 1 is 1.35 bits per heavy atom. The highest BCUT2D eigenvalue weighted by atomic mass is 16.6. The Kier molecular flexibility index (Phi) is 4.02. The number of hydrogen-bond acceptors (Lipinski definition) is 6. The Hall–Kier alpha value is -2.38. The minimum atomic E-state index is -0.565. The number of carbonyl (C=O) groups excluding carboxylic acids is 1. The first-order valence-electron chi connectivity index (χ1n) is 6.44. The molecule has 0 aromatic carbocycles. The molecule has 8 nitrogen and oxygen atoms in total. The quantitative estimate of drug-likeness (QED) is 0.556. The first-order valence-corrected chi connectivity index (χ1v) is 6.44. The minimum Gasteiger partial charge on any atom is -0.378 e. The first-order chi connectivity index (χ1) is 9.47. The highest BCUT2D eigenvalue weighted by Crippen LogP contribution is 2.27. The summed E-state index contributed by atoms with van der Waals surface area (Å²) >= 11 is 0. The van der Waals surface area contributed by atoms with Crippen molar-refractivity contribution < 1.29 is 9.72 Å². The van der Waals surface area contributed by atoms with Crippen molar-refractivity contribution in [2.45, 2.75) is 31.7 Å². The molecule has 108 valence electrons. The molecule has 0 aliphatic heterocycles. The van der Waals surface area contributed by atoms with Crippen LogP contribution in [0.3, 0.4) is 0 Å². The predicted octanol–water partition coefficient (Wildman–Crippen LogP) is 1.03. The lowest BCUT2D eigenvalue weighted by molar-refractivity contribution is -0.384. The third-order valence-corrected chi connectivity index (χ3v) is 3.58. The summed E-state index contributed by atoms with van der Waals surface area (Å²) in [6, 6.07) is 3.05. The molecule has 1 aromatic rings. The van der Waals surface area contributed by atoms with Gasteiger partial charge in [-0.25, -0.2) is 4.98 Å². The Balaban J connectivity index is 1.96. The van der Waals surface area contributed by atoms with Crippen LogP contribution in [-0.2, 0) is 4.79 Å². The molecule has 1 amide bonds. The van der Waals surface area contributed by atoms with Crippen LogP contribution in [-0.4, -0.2) is 21.9 Å². The van der Waals surface area contributed by atoms with Crippen LogP contribution in [0.4, 0.5) is 17.3 Å². The van der Waals surface area contributed by atoms with Crippen molar-refractivity contribution in [1.29, 1.82) is 0 Å². The molecule has 1 saturated carbocycles. The van der Waals surface area contributed by atoms with E-state index in [1.165, 1.54) is 12.1 Å². The molecule has 1 fully saturated rings. The molecule has 1 heterocycles. The number of aromatic nitrogens is 1. The number of nitrogens with one attached hydrogen (secondary N) is 1. The van der Waals surface area contributed by atoms with Gasteiger partial charge in [-0.05, 0) is 31.7 Å². The van der Waals surface area contributed by atoms with E-state index in [0.29, 0.717) is 5.82 Å². The van der Waals surface area contributed by atoms with Gasteiger partial charge in [-0.3, -0.25) is 14.9 Å². The number of nitrogen functional groups attached to an aromatic ring is 1. The third-order valence-electron chi connectivity index (χ3n) is 3.58. The number of carbonyl (C=O) groups is 1. The fourth-order valence-electron chi connectivity index (χ4n) is 2.43. The second-order valence-electron chi connectivity index (χ2n) is 4.95. The summed E-state index contributed by atoms with van der Waals surface area (Å²) in [6.07, 6.45) is 3.11. The van der Waals surface area contributed by atoms with Crippen molar-refractivity contribution in [3.8, 4) is 0 Å². The summed E-state index contributed by atoms with van der Waals surface area (Å²) in [4.78, 5) is 25.1. The summed E-state index contributed by atoms with van der Waals surface area (Å²) < 4.78 is 0. The lowest BCUT2D eigenvalue weighted by Gasteiger charge is -2.27. The molecule has 0 saturated heterocycles. The van der Waals surface area contributed by atoms with Gasteiger partial charge < -0.3 is 16.8 Å². The molecule has 1 aliphatic rings. The number of primary amides is 1. The monoisotopic (exact) mass is 279 g/mol. The van der Waals surface area contributed by atoms with Crippen molar-refractivity contribution in [3.63, 3.8) is 0 Å². The van der Waals surface area contributed by atoms with E-state index in [9.17, 15) is 14.9 Å². The lowest BCUT2D eigenvalue weighted by atomic mass is 9.85. The molecule has 0 bridgehead atoms. The molecular weight excluding hydrogens is 262 g/mol. The average molecular weight is 279 g/mol. The van der Waals surface area contributed by atoms with E-state index in [0.717, 1.165) is 25.7 Å². The Bertz CT molecular complexity index is 526. The van der Waals surface area contributed by atoms with Crippen LogP contribution in [0.2, 0.25) is 0 Å². The van der Waals surface area contributed by atoms with Crippen molar-refractivity contribution >= 4 is 23.2 Å². The predicted molar refractivity (Wildman–Crippen MR) is 73.9 cm³/mol. The Morgan fingerprint density at radius 3 is 2.50 bits per heavy atom. The van der Waals surface area contributed by atoms with Gasteiger partial charge in [0.15, 0.2) is 0 Å². The van der Waals surface area contributed by atoms with Crippen LogP contribution in [0.1, 0.15) is 25.7 Å². The minimum absolute atomic E-state index is 0.0528. The van der Waals surface area contributed by atoms with Gasteiger partial charge in [-0.1, -0.05) is 0 Å². The summed E-state index contributed by atoms with van der Waals surface area (Å²) in [5.41, 5.74) is 10.6. The zero-order valence-electron chi connectivity index (χ0n) is 10.9. The molecule has 0 radical (unpaired) electrons. The normalized spacial score (nSPS) is 22.2. The fraction of sp³-hybridized carbons (Fsp3) is 0.500. The van der Waals surface area contributed by atoms with Crippen LogP contribution in [0.15, 0.2) is 12.1 Å². The Labute approximate surface area is 115 Å². The van der Waals surface area contributed by atoms with Gasteiger partial charge in [0.2, 0.25) is 11.7 Å². The highest BCUT2D eigenvalue weighted by molar-refractivity contribution is 5.76. The average Bonchev–Trinajstić information content (AvgIpc) is 2.39. The van der Waals surface area contributed by atoms with Crippen molar-refractivity contribution in [2.75, 3.05) is 11.1 Å². The van der Waals surface area contributed by atoms with E-state index in [4.69, 9.17) is 11.5 Å². The van der Waals surface area contributed by atoms with Crippen LogP contribution >= 0.6 is 0 Å². The number of nitro groups is 1. The van der Waals surface area contributed by atoms with Crippen LogP contribution in [0, 0.1) is 16.0 Å². The maximum atomic E-state index is 11.1. The lowest BCUT2D eigenvalue weighted by Crippen LogP contribution is -2.32. The van der Waals surface area contributed by atoms with E-state index in [1.54, 1.807) is 0 Å². The third kappa shape index (κ3) is 3.14. The van der Waals surface area contributed by atoms with Crippen molar-refractivity contribution in [3.05, 3.63) is 22.2 Å².